The number of aliphatic hydroxyl groups excluding tert-OH is 1. The molecule has 0 radical (unpaired) electrons. The van der Waals surface area contributed by atoms with E-state index >= 15 is 0 Å². The molecule has 1 aliphatic rings. The zero-order chi connectivity index (χ0) is 29.0. The van der Waals surface area contributed by atoms with Crippen molar-refractivity contribution in [3.63, 3.8) is 0 Å². The summed E-state index contributed by atoms with van der Waals surface area (Å²) >= 11 is 0. The molecule has 0 spiro atoms. The molecule has 39 heavy (non-hydrogen) atoms. The SMILES string of the molecule is C=C1CCCC(NC[C@@H](O)[C@H](Cc2cc(F)cc(F)c2)NC(=O)OC(C)(C)C)(c2cccc(C(C)(C)C)c2)C1. The van der Waals surface area contributed by atoms with Gasteiger partial charge in [-0.1, -0.05) is 57.2 Å². The van der Waals surface area contributed by atoms with Crippen LogP contribution in [0.2, 0.25) is 0 Å². The Morgan fingerprint density at radius 1 is 1.10 bits per heavy atom. The molecule has 0 aliphatic heterocycles. The molecule has 7 heteroatoms. The van der Waals surface area contributed by atoms with E-state index in [1.54, 1.807) is 20.8 Å². The van der Waals surface area contributed by atoms with E-state index < -0.39 is 41.0 Å². The van der Waals surface area contributed by atoms with Gasteiger partial charge in [-0.3, -0.25) is 0 Å². The van der Waals surface area contributed by atoms with E-state index in [0.29, 0.717) is 5.56 Å². The Bertz CT molecular complexity index is 1150. The molecule has 0 bridgehead atoms. The number of alkyl carbamates (subject to hydrolysis) is 1. The fraction of sp³-hybridized carbons (Fsp3) is 0.531. The third-order valence-electron chi connectivity index (χ3n) is 7.16. The first-order valence-corrected chi connectivity index (χ1v) is 13.7. The normalized spacial score (nSPS) is 19.9. The van der Waals surface area contributed by atoms with Crippen molar-refractivity contribution in [2.45, 2.75) is 102 Å². The second-order valence-corrected chi connectivity index (χ2v) is 12.9. The van der Waals surface area contributed by atoms with Crippen LogP contribution in [0.15, 0.2) is 54.6 Å². The first-order valence-electron chi connectivity index (χ1n) is 13.7. The maximum Gasteiger partial charge on any atom is 0.407 e. The van der Waals surface area contributed by atoms with Crippen molar-refractivity contribution in [2.75, 3.05) is 6.54 Å². The number of hydrogen-bond acceptors (Lipinski definition) is 4. The van der Waals surface area contributed by atoms with Crippen molar-refractivity contribution in [1.82, 2.24) is 10.6 Å². The fourth-order valence-corrected chi connectivity index (χ4v) is 5.19. The van der Waals surface area contributed by atoms with Gasteiger partial charge >= 0.3 is 6.09 Å². The fourth-order valence-electron chi connectivity index (χ4n) is 5.19. The standard InChI is InChI=1S/C32H44F2N2O3/c1-21-10-9-13-32(19-21,24-12-8-11-23(17-24)30(2,3)4)35-20-28(37)27(36-29(38)39-31(5,6)7)16-22-14-25(33)18-26(34)15-22/h8,11-12,14-15,17-18,27-28,35,37H,1,9-10,13,16,19-20H2,2-7H3,(H,36,38)/t27-,28+,32?/m0/s1. The molecule has 3 N–H and O–H groups in total. The first kappa shape index (κ1) is 30.8. The third-order valence-corrected chi connectivity index (χ3v) is 7.16. The smallest absolute Gasteiger partial charge is 0.407 e. The predicted molar refractivity (Wildman–Crippen MR) is 152 cm³/mol. The molecule has 1 saturated carbocycles. The van der Waals surface area contributed by atoms with E-state index in [0.717, 1.165) is 42.9 Å². The summed E-state index contributed by atoms with van der Waals surface area (Å²) in [5.74, 6) is -1.43. The van der Waals surface area contributed by atoms with Gasteiger partial charge in [-0.05, 0) is 87.1 Å². The second-order valence-electron chi connectivity index (χ2n) is 12.9. The molecular formula is C32H44F2N2O3. The lowest BCUT2D eigenvalue weighted by atomic mass is 9.73. The molecular weight excluding hydrogens is 498 g/mol. The van der Waals surface area contributed by atoms with Crippen LogP contribution in [0, 0.1) is 11.6 Å². The second kappa shape index (κ2) is 12.2. The highest BCUT2D eigenvalue weighted by molar-refractivity contribution is 5.68. The van der Waals surface area contributed by atoms with Gasteiger partial charge in [0.15, 0.2) is 0 Å². The van der Waals surface area contributed by atoms with Crippen LogP contribution in [0.5, 0.6) is 0 Å². The Balaban J connectivity index is 1.87. The number of halogens is 2. The summed E-state index contributed by atoms with van der Waals surface area (Å²) in [6, 6.07) is 10.9. The zero-order valence-corrected chi connectivity index (χ0v) is 24.2. The molecule has 2 aromatic carbocycles. The molecule has 5 nitrogen and oxygen atoms in total. The number of ether oxygens (including phenoxy) is 1. The molecule has 3 rings (SSSR count). The van der Waals surface area contributed by atoms with Crippen molar-refractivity contribution in [3.8, 4) is 0 Å². The highest BCUT2D eigenvalue weighted by Crippen LogP contribution is 2.40. The number of nitrogens with one attached hydrogen (secondary N) is 2. The summed E-state index contributed by atoms with van der Waals surface area (Å²) in [5.41, 5.74) is 2.62. The van der Waals surface area contributed by atoms with Crippen LogP contribution in [-0.4, -0.2) is 35.5 Å². The van der Waals surface area contributed by atoms with Crippen LogP contribution in [0.4, 0.5) is 13.6 Å². The van der Waals surface area contributed by atoms with Crippen LogP contribution in [0.25, 0.3) is 0 Å². The average molecular weight is 543 g/mol. The summed E-state index contributed by atoms with van der Waals surface area (Å²) in [6.07, 6.45) is 1.76. The van der Waals surface area contributed by atoms with Crippen molar-refractivity contribution in [3.05, 3.63) is 82.9 Å². The quantitative estimate of drug-likeness (QED) is 0.326. The van der Waals surface area contributed by atoms with Gasteiger partial charge in [0.2, 0.25) is 0 Å². The van der Waals surface area contributed by atoms with Crippen LogP contribution < -0.4 is 10.6 Å². The van der Waals surface area contributed by atoms with Gasteiger partial charge in [-0.25, -0.2) is 13.6 Å². The van der Waals surface area contributed by atoms with Crippen LogP contribution in [-0.2, 0) is 22.1 Å². The molecule has 1 fully saturated rings. The number of rotatable bonds is 8. The maximum absolute atomic E-state index is 13.9. The monoisotopic (exact) mass is 542 g/mol. The number of carbonyl (C=O) groups excluding carboxylic acids is 1. The van der Waals surface area contributed by atoms with Crippen LogP contribution in [0.3, 0.4) is 0 Å². The molecule has 0 heterocycles. The predicted octanol–water partition coefficient (Wildman–Crippen LogP) is 6.67. The summed E-state index contributed by atoms with van der Waals surface area (Å²) in [4.78, 5) is 12.6. The van der Waals surface area contributed by atoms with Crippen LogP contribution in [0.1, 0.15) is 83.9 Å². The van der Waals surface area contributed by atoms with Gasteiger partial charge in [-0.15, -0.1) is 0 Å². The van der Waals surface area contributed by atoms with E-state index in [9.17, 15) is 18.7 Å². The van der Waals surface area contributed by atoms with Crippen molar-refractivity contribution < 1.29 is 23.4 Å². The summed E-state index contributed by atoms with van der Waals surface area (Å²) in [7, 11) is 0. The molecule has 1 unspecified atom stereocenters. The Morgan fingerprint density at radius 2 is 1.77 bits per heavy atom. The molecule has 2 aromatic rings. The van der Waals surface area contributed by atoms with Gasteiger partial charge < -0.3 is 20.5 Å². The largest absolute Gasteiger partial charge is 0.444 e. The first-order chi connectivity index (χ1) is 18.1. The number of benzene rings is 2. The lowest BCUT2D eigenvalue weighted by Crippen LogP contribution is -2.54. The van der Waals surface area contributed by atoms with Gasteiger partial charge in [0.25, 0.3) is 0 Å². The number of aliphatic hydroxyl groups is 1. The van der Waals surface area contributed by atoms with Crippen molar-refractivity contribution in [1.29, 1.82) is 0 Å². The van der Waals surface area contributed by atoms with Gasteiger partial charge in [0.1, 0.15) is 17.2 Å². The van der Waals surface area contributed by atoms with Crippen LogP contribution >= 0.6 is 0 Å². The number of carbonyl (C=O) groups is 1. The minimum atomic E-state index is -1.07. The zero-order valence-electron chi connectivity index (χ0n) is 24.2. The van der Waals surface area contributed by atoms with Gasteiger partial charge in [-0.2, -0.15) is 0 Å². The Kier molecular flexibility index (Phi) is 9.60. The van der Waals surface area contributed by atoms with E-state index in [2.05, 4.69) is 62.2 Å². The molecule has 214 valence electrons. The Morgan fingerprint density at radius 3 is 2.36 bits per heavy atom. The van der Waals surface area contributed by atoms with E-state index in [4.69, 9.17) is 4.74 Å². The number of amides is 1. The minimum Gasteiger partial charge on any atom is -0.444 e. The topological polar surface area (TPSA) is 70.6 Å². The number of hydrogen-bond donors (Lipinski definition) is 3. The minimum absolute atomic E-state index is 0.0228. The highest BCUT2D eigenvalue weighted by atomic mass is 19.1. The molecule has 3 atom stereocenters. The molecule has 1 aliphatic carbocycles. The van der Waals surface area contributed by atoms with Crippen molar-refractivity contribution >= 4 is 6.09 Å². The van der Waals surface area contributed by atoms with E-state index in [-0.39, 0.29) is 18.4 Å². The van der Waals surface area contributed by atoms with E-state index in [1.165, 1.54) is 17.7 Å². The summed E-state index contributed by atoms with van der Waals surface area (Å²) < 4.78 is 33.2. The Labute approximate surface area is 232 Å². The van der Waals surface area contributed by atoms with Gasteiger partial charge in [0.05, 0.1) is 12.1 Å². The highest BCUT2D eigenvalue weighted by Gasteiger charge is 2.37. The molecule has 1 amide bonds. The average Bonchev–Trinajstić information content (AvgIpc) is 2.80. The molecule has 0 aromatic heterocycles. The summed E-state index contributed by atoms with van der Waals surface area (Å²) in [6.45, 7) is 16.2. The lowest BCUT2D eigenvalue weighted by molar-refractivity contribution is 0.0410. The Hall–Kier alpha value is -2.77. The summed E-state index contributed by atoms with van der Waals surface area (Å²) in [5, 5.41) is 17.7. The maximum atomic E-state index is 13.9. The third kappa shape index (κ3) is 8.87. The lowest BCUT2D eigenvalue weighted by Gasteiger charge is -2.41. The van der Waals surface area contributed by atoms with E-state index in [1.807, 2.05) is 0 Å². The van der Waals surface area contributed by atoms with Crippen molar-refractivity contribution in [2.24, 2.45) is 0 Å². The molecule has 0 saturated heterocycles. The van der Waals surface area contributed by atoms with Gasteiger partial charge in [0, 0.05) is 18.2 Å².